The molecule has 0 aromatic heterocycles. The van der Waals surface area contributed by atoms with Crippen molar-refractivity contribution < 1.29 is 9.90 Å². The Kier molecular flexibility index (Phi) is 5.45. The number of aliphatic hydroxyl groups excluding tert-OH is 1. The SMILES string of the molecule is N#CCSc1ccccc1C(=O)N[C@@H]1CCCC[C@H]1O. The number of nitrogens with one attached hydrogen (secondary N) is 1. The van der Waals surface area contributed by atoms with Crippen molar-refractivity contribution >= 4 is 17.7 Å². The van der Waals surface area contributed by atoms with Crippen LogP contribution < -0.4 is 5.32 Å². The first-order valence-electron chi connectivity index (χ1n) is 6.80. The maximum absolute atomic E-state index is 12.3. The third kappa shape index (κ3) is 3.75. The number of carbonyl (C=O) groups is 1. The van der Waals surface area contributed by atoms with Gasteiger partial charge in [-0.25, -0.2) is 0 Å². The van der Waals surface area contributed by atoms with Crippen LogP contribution in [-0.4, -0.2) is 28.9 Å². The normalized spacial score (nSPS) is 22.0. The first kappa shape index (κ1) is 14.9. The fraction of sp³-hybridized carbons (Fsp3) is 0.467. The molecule has 4 nitrogen and oxygen atoms in total. The predicted molar refractivity (Wildman–Crippen MR) is 78.5 cm³/mol. The molecular weight excluding hydrogens is 272 g/mol. The van der Waals surface area contributed by atoms with Crippen LogP contribution in [0.1, 0.15) is 36.0 Å². The number of aliphatic hydroxyl groups is 1. The van der Waals surface area contributed by atoms with Gasteiger partial charge >= 0.3 is 0 Å². The van der Waals surface area contributed by atoms with Crippen LogP contribution in [0.25, 0.3) is 0 Å². The van der Waals surface area contributed by atoms with E-state index in [9.17, 15) is 9.90 Å². The first-order chi connectivity index (χ1) is 9.72. The van der Waals surface area contributed by atoms with Crippen molar-refractivity contribution in [3.05, 3.63) is 29.8 Å². The molecule has 106 valence electrons. The summed E-state index contributed by atoms with van der Waals surface area (Å²) in [5, 5.41) is 21.5. The fourth-order valence-electron chi connectivity index (χ4n) is 2.42. The summed E-state index contributed by atoms with van der Waals surface area (Å²) in [4.78, 5) is 13.1. The van der Waals surface area contributed by atoms with E-state index in [4.69, 9.17) is 5.26 Å². The topological polar surface area (TPSA) is 73.1 Å². The molecule has 0 unspecified atom stereocenters. The molecule has 2 rings (SSSR count). The summed E-state index contributed by atoms with van der Waals surface area (Å²) in [5.41, 5.74) is 0.575. The molecule has 0 spiro atoms. The predicted octanol–water partition coefficient (Wildman–Crippen LogP) is 2.34. The van der Waals surface area contributed by atoms with Crippen LogP contribution in [0.4, 0.5) is 0 Å². The van der Waals surface area contributed by atoms with Gasteiger partial charge in [0.15, 0.2) is 0 Å². The summed E-state index contributed by atoms with van der Waals surface area (Å²) in [6, 6.07) is 9.16. The van der Waals surface area contributed by atoms with E-state index in [0.29, 0.717) is 11.3 Å². The molecule has 0 bridgehead atoms. The van der Waals surface area contributed by atoms with E-state index < -0.39 is 6.10 Å². The molecule has 2 N–H and O–H groups in total. The van der Waals surface area contributed by atoms with Gasteiger partial charge in [-0.15, -0.1) is 11.8 Å². The highest BCUT2D eigenvalue weighted by Gasteiger charge is 2.25. The maximum atomic E-state index is 12.3. The molecule has 5 heteroatoms. The molecule has 0 radical (unpaired) electrons. The lowest BCUT2D eigenvalue weighted by molar-refractivity contribution is 0.0715. The Hall–Kier alpha value is -1.51. The standard InChI is InChI=1S/C15H18N2O2S/c16-9-10-20-14-8-4-1-5-11(14)15(19)17-12-6-2-3-7-13(12)18/h1,4-5,8,12-13,18H,2-3,6-7,10H2,(H,17,19)/t12-,13-/m1/s1. The largest absolute Gasteiger partial charge is 0.391 e. The van der Waals surface area contributed by atoms with Crippen LogP contribution in [-0.2, 0) is 0 Å². The molecule has 1 amide bonds. The lowest BCUT2D eigenvalue weighted by atomic mass is 9.92. The number of nitriles is 1. The van der Waals surface area contributed by atoms with Gasteiger partial charge in [0.1, 0.15) is 0 Å². The Labute approximate surface area is 123 Å². The highest BCUT2D eigenvalue weighted by molar-refractivity contribution is 7.99. The van der Waals surface area contributed by atoms with Crippen LogP contribution in [0.5, 0.6) is 0 Å². The molecule has 1 aliphatic rings. The van der Waals surface area contributed by atoms with Gasteiger partial charge in [0, 0.05) is 4.90 Å². The number of rotatable bonds is 4. The van der Waals surface area contributed by atoms with Gasteiger partial charge in [-0.3, -0.25) is 4.79 Å². The van der Waals surface area contributed by atoms with Crippen LogP contribution in [0, 0.1) is 11.3 Å². The first-order valence-corrected chi connectivity index (χ1v) is 7.78. The lowest BCUT2D eigenvalue weighted by Gasteiger charge is -2.28. The number of benzene rings is 1. The maximum Gasteiger partial charge on any atom is 0.252 e. The van der Waals surface area contributed by atoms with E-state index in [2.05, 4.69) is 11.4 Å². The molecule has 0 heterocycles. The Morgan fingerprint density at radius 3 is 2.90 bits per heavy atom. The summed E-state index contributed by atoms with van der Waals surface area (Å²) in [6.45, 7) is 0. The third-order valence-electron chi connectivity index (χ3n) is 3.47. The Bertz CT molecular complexity index is 513. The van der Waals surface area contributed by atoms with Crippen molar-refractivity contribution in [3.63, 3.8) is 0 Å². The molecule has 0 aliphatic heterocycles. The molecule has 0 saturated heterocycles. The summed E-state index contributed by atoms with van der Waals surface area (Å²) in [6.07, 6.45) is 3.16. The summed E-state index contributed by atoms with van der Waals surface area (Å²) in [5.74, 6) is 0.146. The van der Waals surface area contributed by atoms with E-state index in [-0.39, 0.29) is 11.9 Å². The number of hydrogen-bond donors (Lipinski definition) is 2. The lowest BCUT2D eigenvalue weighted by Crippen LogP contribution is -2.45. The van der Waals surface area contributed by atoms with E-state index in [1.54, 1.807) is 6.07 Å². The second-order valence-electron chi connectivity index (χ2n) is 4.87. The minimum atomic E-state index is -0.452. The minimum Gasteiger partial charge on any atom is -0.391 e. The molecule has 1 aromatic rings. The molecule has 1 saturated carbocycles. The number of amides is 1. The van der Waals surface area contributed by atoms with Gasteiger partial charge in [0.05, 0.1) is 29.5 Å². The molecule has 2 atom stereocenters. The van der Waals surface area contributed by atoms with Crippen LogP contribution in [0.3, 0.4) is 0 Å². The fourth-order valence-corrected chi connectivity index (χ4v) is 3.13. The van der Waals surface area contributed by atoms with Gasteiger partial charge in [-0.2, -0.15) is 5.26 Å². The second kappa shape index (κ2) is 7.32. The quantitative estimate of drug-likeness (QED) is 0.835. The highest BCUT2D eigenvalue weighted by atomic mass is 32.2. The zero-order valence-corrected chi connectivity index (χ0v) is 12.0. The van der Waals surface area contributed by atoms with Gasteiger partial charge in [0.25, 0.3) is 5.91 Å². The van der Waals surface area contributed by atoms with Gasteiger partial charge in [0.2, 0.25) is 0 Å². The number of thioether (sulfide) groups is 1. The highest BCUT2D eigenvalue weighted by Crippen LogP contribution is 2.23. The Morgan fingerprint density at radius 1 is 1.40 bits per heavy atom. The van der Waals surface area contributed by atoms with Gasteiger partial charge in [-0.05, 0) is 25.0 Å². The molecular formula is C15H18N2O2S. The van der Waals surface area contributed by atoms with Crippen molar-refractivity contribution in [3.8, 4) is 6.07 Å². The molecule has 1 aromatic carbocycles. The van der Waals surface area contributed by atoms with Gasteiger partial charge < -0.3 is 10.4 Å². The Balaban J connectivity index is 2.06. The van der Waals surface area contributed by atoms with Crippen molar-refractivity contribution in [1.29, 1.82) is 5.26 Å². The number of carbonyl (C=O) groups excluding carboxylic acids is 1. The van der Waals surface area contributed by atoms with E-state index >= 15 is 0 Å². The van der Waals surface area contributed by atoms with Crippen LogP contribution in [0.15, 0.2) is 29.2 Å². The van der Waals surface area contributed by atoms with Crippen LogP contribution in [0.2, 0.25) is 0 Å². The van der Waals surface area contributed by atoms with E-state index in [1.165, 1.54) is 11.8 Å². The van der Waals surface area contributed by atoms with Crippen LogP contribution >= 0.6 is 11.8 Å². The number of hydrogen-bond acceptors (Lipinski definition) is 4. The Morgan fingerprint density at radius 2 is 2.15 bits per heavy atom. The zero-order chi connectivity index (χ0) is 14.4. The molecule has 1 fully saturated rings. The second-order valence-corrected chi connectivity index (χ2v) is 5.89. The van der Waals surface area contributed by atoms with E-state index in [1.807, 2.05) is 18.2 Å². The smallest absolute Gasteiger partial charge is 0.252 e. The third-order valence-corrected chi connectivity index (χ3v) is 4.41. The average Bonchev–Trinajstić information content (AvgIpc) is 2.47. The molecule has 20 heavy (non-hydrogen) atoms. The summed E-state index contributed by atoms with van der Waals surface area (Å²) < 4.78 is 0. The zero-order valence-electron chi connectivity index (χ0n) is 11.2. The summed E-state index contributed by atoms with van der Waals surface area (Å²) in [7, 11) is 0. The van der Waals surface area contributed by atoms with Gasteiger partial charge in [-0.1, -0.05) is 25.0 Å². The van der Waals surface area contributed by atoms with Crippen molar-refractivity contribution in [1.82, 2.24) is 5.32 Å². The van der Waals surface area contributed by atoms with E-state index in [0.717, 1.165) is 30.6 Å². The van der Waals surface area contributed by atoms with Crippen molar-refractivity contribution in [2.24, 2.45) is 0 Å². The van der Waals surface area contributed by atoms with Crippen molar-refractivity contribution in [2.45, 2.75) is 42.7 Å². The number of nitrogens with zero attached hydrogens (tertiary/aromatic N) is 1. The minimum absolute atomic E-state index is 0.162. The average molecular weight is 290 g/mol. The summed E-state index contributed by atoms with van der Waals surface area (Å²) >= 11 is 1.35. The molecule has 1 aliphatic carbocycles. The monoisotopic (exact) mass is 290 g/mol. The van der Waals surface area contributed by atoms with Crippen molar-refractivity contribution in [2.75, 3.05) is 5.75 Å².